The highest BCUT2D eigenvalue weighted by Crippen LogP contribution is 2.19. The number of nitrogens with two attached hydrogens (primary N) is 1. The third-order valence-electron chi connectivity index (χ3n) is 3.11. The van der Waals surface area contributed by atoms with Crippen molar-refractivity contribution in [3.05, 3.63) is 0 Å². The standard InChI is InChI=1S/C11H20N2O3S/c1-2-8(6-12)5-10(14)13-3-4-17-7-9(13)11(15)16/h8-9H,2-7,12H2,1H3,(H,15,16). The predicted molar refractivity (Wildman–Crippen MR) is 67.9 cm³/mol. The van der Waals surface area contributed by atoms with E-state index in [0.29, 0.717) is 25.3 Å². The van der Waals surface area contributed by atoms with E-state index in [4.69, 9.17) is 10.8 Å². The Morgan fingerprint density at radius 2 is 2.29 bits per heavy atom. The van der Waals surface area contributed by atoms with Gasteiger partial charge < -0.3 is 15.7 Å². The monoisotopic (exact) mass is 260 g/mol. The first kappa shape index (κ1) is 14.3. The molecule has 0 aromatic carbocycles. The van der Waals surface area contributed by atoms with Crippen LogP contribution in [0.4, 0.5) is 0 Å². The topological polar surface area (TPSA) is 83.6 Å². The summed E-state index contributed by atoms with van der Waals surface area (Å²) in [5, 5.41) is 9.07. The number of rotatable bonds is 5. The molecule has 1 amide bonds. The second-order valence-electron chi connectivity index (χ2n) is 4.23. The minimum absolute atomic E-state index is 0.0741. The smallest absolute Gasteiger partial charge is 0.327 e. The van der Waals surface area contributed by atoms with Crippen LogP contribution in [0.1, 0.15) is 19.8 Å². The lowest BCUT2D eigenvalue weighted by Crippen LogP contribution is -2.50. The summed E-state index contributed by atoms with van der Waals surface area (Å²) in [4.78, 5) is 24.6. The van der Waals surface area contributed by atoms with E-state index in [1.807, 2.05) is 6.92 Å². The van der Waals surface area contributed by atoms with Gasteiger partial charge in [0.25, 0.3) is 0 Å². The number of nitrogens with zero attached hydrogens (tertiary/aromatic N) is 1. The summed E-state index contributed by atoms with van der Waals surface area (Å²) >= 11 is 1.58. The third-order valence-corrected chi connectivity index (χ3v) is 4.13. The van der Waals surface area contributed by atoms with Gasteiger partial charge in [0.15, 0.2) is 0 Å². The first-order chi connectivity index (χ1) is 8.10. The number of carboxylic acid groups (broad SMARTS) is 1. The van der Waals surface area contributed by atoms with Crippen molar-refractivity contribution in [2.75, 3.05) is 24.6 Å². The molecule has 1 aliphatic heterocycles. The maximum Gasteiger partial charge on any atom is 0.327 e. The number of carbonyl (C=O) groups excluding carboxylic acids is 1. The Bertz CT molecular complexity index is 282. The summed E-state index contributed by atoms with van der Waals surface area (Å²) in [7, 11) is 0. The fourth-order valence-corrected chi connectivity index (χ4v) is 2.90. The zero-order valence-electron chi connectivity index (χ0n) is 10.1. The molecule has 1 aliphatic rings. The van der Waals surface area contributed by atoms with Gasteiger partial charge in [0.05, 0.1) is 0 Å². The van der Waals surface area contributed by atoms with Crippen LogP contribution in [-0.4, -0.2) is 52.5 Å². The molecule has 5 nitrogen and oxygen atoms in total. The molecule has 2 atom stereocenters. The average molecular weight is 260 g/mol. The van der Waals surface area contributed by atoms with E-state index >= 15 is 0 Å². The molecule has 6 heteroatoms. The highest BCUT2D eigenvalue weighted by atomic mass is 32.2. The van der Waals surface area contributed by atoms with Crippen molar-refractivity contribution < 1.29 is 14.7 Å². The molecule has 1 heterocycles. The van der Waals surface area contributed by atoms with E-state index in [1.165, 1.54) is 4.90 Å². The van der Waals surface area contributed by atoms with E-state index in [0.717, 1.165) is 12.2 Å². The Kier molecular flexibility index (Phi) is 5.77. The molecule has 0 aromatic heterocycles. The number of thioether (sulfide) groups is 1. The molecule has 2 unspecified atom stereocenters. The lowest BCUT2D eigenvalue weighted by atomic mass is 10.0. The first-order valence-corrected chi connectivity index (χ1v) is 7.05. The van der Waals surface area contributed by atoms with Crippen LogP contribution < -0.4 is 5.73 Å². The van der Waals surface area contributed by atoms with Crippen LogP contribution in [-0.2, 0) is 9.59 Å². The summed E-state index contributed by atoms with van der Waals surface area (Å²) < 4.78 is 0. The maximum absolute atomic E-state index is 12.0. The molecule has 0 aromatic rings. The van der Waals surface area contributed by atoms with Gasteiger partial charge in [-0.25, -0.2) is 4.79 Å². The fraction of sp³-hybridized carbons (Fsp3) is 0.818. The first-order valence-electron chi connectivity index (χ1n) is 5.90. The zero-order chi connectivity index (χ0) is 12.8. The minimum atomic E-state index is -0.911. The van der Waals surface area contributed by atoms with Gasteiger partial charge in [0, 0.05) is 24.5 Å². The van der Waals surface area contributed by atoms with Gasteiger partial charge >= 0.3 is 5.97 Å². The molecular formula is C11H20N2O3S. The van der Waals surface area contributed by atoms with Gasteiger partial charge in [-0.2, -0.15) is 11.8 Å². The molecule has 1 saturated heterocycles. The SMILES string of the molecule is CCC(CN)CC(=O)N1CCSCC1C(=O)O. The van der Waals surface area contributed by atoms with Crippen LogP contribution in [0.3, 0.4) is 0 Å². The molecule has 0 spiro atoms. The van der Waals surface area contributed by atoms with Gasteiger partial charge in [0.1, 0.15) is 6.04 Å². The Morgan fingerprint density at radius 1 is 1.59 bits per heavy atom. The quantitative estimate of drug-likeness (QED) is 0.747. The molecule has 0 bridgehead atoms. The van der Waals surface area contributed by atoms with Crippen molar-refractivity contribution in [3.63, 3.8) is 0 Å². The van der Waals surface area contributed by atoms with Crippen LogP contribution in [0.2, 0.25) is 0 Å². The van der Waals surface area contributed by atoms with Gasteiger partial charge in [0.2, 0.25) is 5.91 Å². The molecule has 1 rings (SSSR count). The molecule has 3 N–H and O–H groups in total. The summed E-state index contributed by atoms with van der Waals surface area (Å²) in [5.41, 5.74) is 5.56. The second-order valence-corrected chi connectivity index (χ2v) is 5.38. The van der Waals surface area contributed by atoms with Crippen molar-refractivity contribution in [1.82, 2.24) is 4.90 Å². The highest BCUT2D eigenvalue weighted by Gasteiger charge is 2.32. The van der Waals surface area contributed by atoms with Gasteiger partial charge in [-0.05, 0) is 12.5 Å². The van der Waals surface area contributed by atoms with E-state index in [1.54, 1.807) is 11.8 Å². The molecule has 1 fully saturated rings. The Labute approximate surface area is 106 Å². The lowest BCUT2D eigenvalue weighted by Gasteiger charge is -2.33. The Balaban J connectivity index is 2.61. The van der Waals surface area contributed by atoms with E-state index < -0.39 is 12.0 Å². The number of carbonyl (C=O) groups is 2. The fourth-order valence-electron chi connectivity index (χ4n) is 1.87. The number of hydrogen-bond donors (Lipinski definition) is 2. The van der Waals surface area contributed by atoms with E-state index in [9.17, 15) is 9.59 Å². The average Bonchev–Trinajstić information content (AvgIpc) is 2.35. The normalized spacial score (nSPS) is 22.2. The number of carboxylic acids is 1. The number of hydrogen-bond acceptors (Lipinski definition) is 4. The summed E-state index contributed by atoms with van der Waals surface area (Å²) in [6.45, 7) is 3.00. The van der Waals surface area contributed by atoms with Gasteiger partial charge in [-0.3, -0.25) is 4.79 Å². The van der Waals surface area contributed by atoms with Crippen molar-refractivity contribution in [1.29, 1.82) is 0 Å². The molecule has 0 radical (unpaired) electrons. The van der Waals surface area contributed by atoms with Crippen LogP contribution in [0.15, 0.2) is 0 Å². The Hall–Kier alpha value is -0.750. The maximum atomic E-state index is 12.0. The Morgan fingerprint density at radius 3 is 2.82 bits per heavy atom. The minimum Gasteiger partial charge on any atom is -0.480 e. The van der Waals surface area contributed by atoms with Crippen molar-refractivity contribution >= 4 is 23.6 Å². The summed E-state index contributed by atoms with van der Waals surface area (Å²) in [5.74, 6) is 0.475. The second kappa shape index (κ2) is 6.86. The zero-order valence-corrected chi connectivity index (χ0v) is 10.9. The molecule has 0 saturated carbocycles. The van der Waals surface area contributed by atoms with E-state index in [2.05, 4.69) is 0 Å². The van der Waals surface area contributed by atoms with Crippen molar-refractivity contribution in [2.45, 2.75) is 25.8 Å². The third kappa shape index (κ3) is 3.89. The van der Waals surface area contributed by atoms with Crippen molar-refractivity contribution in [2.24, 2.45) is 11.7 Å². The van der Waals surface area contributed by atoms with Crippen LogP contribution in [0, 0.1) is 5.92 Å². The van der Waals surface area contributed by atoms with Crippen molar-refractivity contribution in [3.8, 4) is 0 Å². The number of aliphatic carboxylic acids is 1. The number of amides is 1. The van der Waals surface area contributed by atoms with Crippen LogP contribution in [0.5, 0.6) is 0 Å². The van der Waals surface area contributed by atoms with Gasteiger partial charge in [-0.1, -0.05) is 13.3 Å². The summed E-state index contributed by atoms with van der Waals surface area (Å²) in [6.07, 6.45) is 1.21. The van der Waals surface area contributed by atoms with E-state index in [-0.39, 0.29) is 11.8 Å². The molecule has 0 aliphatic carbocycles. The van der Waals surface area contributed by atoms with Crippen LogP contribution >= 0.6 is 11.8 Å². The predicted octanol–water partition coefficient (Wildman–Crippen LogP) is 0.390. The summed E-state index contributed by atoms with van der Waals surface area (Å²) in [6, 6.07) is -0.670. The highest BCUT2D eigenvalue weighted by molar-refractivity contribution is 7.99. The largest absolute Gasteiger partial charge is 0.480 e. The lowest BCUT2D eigenvalue weighted by molar-refractivity contribution is -0.149. The molecule has 98 valence electrons. The van der Waals surface area contributed by atoms with Crippen LogP contribution in [0.25, 0.3) is 0 Å². The molecule has 17 heavy (non-hydrogen) atoms. The molecular weight excluding hydrogens is 240 g/mol. The van der Waals surface area contributed by atoms with Gasteiger partial charge in [-0.15, -0.1) is 0 Å².